The van der Waals surface area contributed by atoms with E-state index < -0.39 is 0 Å². The standard InChI is InChI=1S/C19H23N5O2/c1-12(2)17(18-23-22-16-7-8-20-9-10-24(16)18)21-19(25)15-11-13-5-3-4-6-14(13)26-15/h3-6,11-12,17,20H,7-10H2,1-2H3,(H,21,25)/t17-/m1/s1. The average Bonchev–Trinajstić information content (AvgIpc) is 3.16. The molecule has 0 bridgehead atoms. The van der Waals surface area contributed by atoms with Crippen LogP contribution in [0.15, 0.2) is 34.7 Å². The van der Waals surface area contributed by atoms with Gasteiger partial charge < -0.3 is 19.6 Å². The van der Waals surface area contributed by atoms with Crippen LogP contribution in [0.2, 0.25) is 0 Å². The topological polar surface area (TPSA) is 85.0 Å². The predicted molar refractivity (Wildman–Crippen MR) is 97.9 cm³/mol. The molecule has 0 unspecified atom stereocenters. The first-order valence-corrected chi connectivity index (χ1v) is 9.05. The number of furan rings is 1. The predicted octanol–water partition coefficient (Wildman–Crippen LogP) is 2.30. The lowest BCUT2D eigenvalue weighted by Gasteiger charge is -2.22. The van der Waals surface area contributed by atoms with Crippen LogP contribution < -0.4 is 10.6 Å². The van der Waals surface area contributed by atoms with Gasteiger partial charge >= 0.3 is 0 Å². The van der Waals surface area contributed by atoms with Crippen LogP contribution in [0, 0.1) is 5.92 Å². The van der Waals surface area contributed by atoms with E-state index in [1.807, 2.05) is 24.3 Å². The van der Waals surface area contributed by atoms with Crippen molar-refractivity contribution in [2.75, 3.05) is 13.1 Å². The van der Waals surface area contributed by atoms with E-state index in [1.165, 1.54) is 0 Å². The van der Waals surface area contributed by atoms with Crippen molar-refractivity contribution >= 4 is 16.9 Å². The van der Waals surface area contributed by atoms with Crippen LogP contribution in [0.1, 0.15) is 42.1 Å². The molecular formula is C19H23N5O2. The minimum atomic E-state index is -0.232. The molecule has 7 heteroatoms. The Balaban J connectivity index is 1.61. The number of carbonyl (C=O) groups is 1. The molecule has 1 aliphatic heterocycles. The SMILES string of the molecule is CC(C)[C@@H](NC(=O)c1cc2ccccc2o1)c1nnc2n1CCNCC2. The minimum Gasteiger partial charge on any atom is -0.451 e. The Morgan fingerprint density at radius 3 is 2.92 bits per heavy atom. The first-order valence-electron chi connectivity index (χ1n) is 9.05. The maximum absolute atomic E-state index is 12.8. The molecule has 3 heterocycles. The van der Waals surface area contributed by atoms with Crippen molar-refractivity contribution in [3.8, 4) is 0 Å². The van der Waals surface area contributed by atoms with Crippen molar-refractivity contribution in [2.45, 2.75) is 32.9 Å². The second-order valence-electron chi connectivity index (χ2n) is 6.97. The van der Waals surface area contributed by atoms with E-state index in [1.54, 1.807) is 6.07 Å². The molecular weight excluding hydrogens is 330 g/mol. The van der Waals surface area contributed by atoms with Gasteiger partial charge in [-0.05, 0) is 18.1 Å². The first-order chi connectivity index (χ1) is 12.6. The monoisotopic (exact) mass is 353 g/mol. The number of fused-ring (bicyclic) bond motifs is 2. The summed E-state index contributed by atoms with van der Waals surface area (Å²) in [6.45, 7) is 6.72. The Bertz CT molecular complexity index is 894. The summed E-state index contributed by atoms with van der Waals surface area (Å²) in [5, 5.41) is 16.1. The smallest absolute Gasteiger partial charge is 0.287 e. The number of amides is 1. The fourth-order valence-corrected chi connectivity index (χ4v) is 3.36. The summed E-state index contributed by atoms with van der Waals surface area (Å²) in [5.41, 5.74) is 0.709. The molecule has 0 spiro atoms. The summed E-state index contributed by atoms with van der Waals surface area (Å²) in [6, 6.07) is 9.16. The molecule has 26 heavy (non-hydrogen) atoms. The third-order valence-corrected chi connectivity index (χ3v) is 4.77. The lowest BCUT2D eigenvalue weighted by atomic mass is 10.0. The minimum absolute atomic E-state index is 0.174. The molecule has 4 rings (SSSR count). The number of hydrogen-bond donors (Lipinski definition) is 2. The van der Waals surface area contributed by atoms with E-state index in [-0.39, 0.29) is 17.9 Å². The van der Waals surface area contributed by atoms with E-state index in [9.17, 15) is 4.79 Å². The zero-order valence-corrected chi connectivity index (χ0v) is 15.0. The van der Waals surface area contributed by atoms with Crippen LogP contribution in [0.25, 0.3) is 11.0 Å². The fourth-order valence-electron chi connectivity index (χ4n) is 3.36. The molecule has 3 aromatic rings. The molecule has 0 aliphatic carbocycles. The van der Waals surface area contributed by atoms with Crippen LogP contribution in [-0.2, 0) is 13.0 Å². The van der Waals surface area contributed by atoms with Gasteiger partial charge in [0.15, 0.2) is 11.6 Å². The number of benzene rings is 1. The molecule has 0 saturated carbocycles. The number of nitrogens with zero attached hydrogens (tertiary/aromatic N) is 3. The average molecular weight is 353 g/mol. The molecule has 1 aliphatic rings. The maximum Gasteiger partial charge on any atom is 0.287 e. The molecule has 0 fully saturated rings. The van der Waals surface area contributed by atoms with Gasteiger partial charge in [-0.25, -0.2) is 0 Å². The number of carbonyl (C=O) groups excluding carboxylic acids is 1. The van der Waals surface area contributed by atoms with Crippen LogP contribution in [-0.4, -0.2) is 33.8 Å². The highest BCUT2D eigenvalue weighted by Crippen LogP contribution is 2.24. The third-order valence-electron chi connectivity index (χ3n) is 4.77. The van der Waals surface area contributed by atoms with Gasteiger partial charge in [0.2, 0.25) is 0 Å². The summed E-state index contributed by atoms with van der Waals surface area (Å²) in [7, 11) is 0. The number of hydrogen-bond acceptors (Lipinski definition) is 5. The van der Waals surface area contributed by atoms with E-state index in [0.29, 0.717) is 11.3 Å². The van der Waals surface area contributed by atoms with E-state index >= 15 is 0 Å². The van der Waals surface area contributed by atoms with Gasteiger partial charge in [0.05, 0.1) is 6.04 Å². The Hall–Kier alpha value is -2.67. The molecule has 1 amide bonds. The lowest BCUT2D eigenvalue weighted by molar-refractivity contribution is 0.0896. The highest BCUT2D eigenvalue weighted by molar-refractivity contribution is 5.96. The number of rotatable bonds is 4. The van der Waals surface area contributed by atoms with Gasteiger partial charge in [-0.1, -0.05) is 32.0 Å². The largest absolute Gasteiger partial charge is 0.451 e. The van der Waals surface area contributed by atoms with Gasteiger partial charge in [0.1, 0.15) is 11.4 Å². The first kappa shape index (κ1) is 16.8. The van der Waals surface area contributed by atoms with Crippen LogP contribution >= 0.6 is 0 Å². The van der Waals surface area contributed by atoms with Crippen LogP contribution in [0.4, 0.5) is 0 Å². The van der Waals surface area contributed by atoms with E-state index in [0.717, 1.165) is 43.1 Å². The van der Waals surface area contributed by atoms with Crippen molar-refractivity contribution in [1.82, 2.24) is 25.4 Å². The zero-order chi connectivity index (χ0) is 18.1. The maximum atomic E-state index is 12.8. The van der Waals surface area contributed by atoms with E-state index in [4.69, 9.17) is 4.42 Å². The van der Waals surface area contributed by atoms with Crippen molar-refractivity contribution in [3.05, 3.63) is 47.7 Å². The molecule has 1 atom stereocenters. The molecule has 0 saturated heterocycles. The van der Waals surface area contributed by atoms with Gasteiger partial charge in [-0.3, -0.25) is 4.79 Å². The molecule has 2 aromatic heterocycles. The van der Waals surface area contributed by atoms with Gasteiger partial charge in [0.25, 0.3) is 5.91 Å². The highest BCUT2D eigenvalue weighted by atomic mass is 16.3. The Morgan fingerprint density at radius 2 is 2.12 bits per heavy atom. The Labute approximate surface area is 151 Å². The third kappa shape index (κ3) is 3.10. The normalized spacial score (nSPS) is 15.7. The molecule has 0 radical (unpaired) electrons. The van der Waals surface area contributed by atoms with Gasteiger partial charge in [-0.15, -0.1) is 10.2 Å². The Kier molecular flexibility index (Phi) is 4.46. The van der Waals surface area contributed by atoms with Crippen molar-refractivity contribution in [2.24, 2.45) is 5.92 Å². The quantitative estimate of drug-likeness (QED) is 0.752. The fraction of sp³-hybridized carbons (Fsp3) is 0.421. The highest BCUT2D eigenvalue weighted by Gasteiger charge is 2.27. The van der Waals surface area contributed by atoms with Crippen molar-refractivity contribution in [1.29, 1.82) is 0 Å². The van der Waals surface area contributed by atoms with Crippen LogP contribution in [0.5, 0.6) is 0 Å². The Morgan fingerprint density at radius 1 is 1.27 bits per heavy atom. The van der Waals surface area contributed by atoms with Crippen molar-refractivity contribution in [3.63, 3.8) is 0 Å². The molecule has 136 valence electrons. The van der Waals surface area contributed by atoms with E-state index in [2.05, 4.69) is 39.2 Å². The molecule has 2 N–H and O–H groups in total. The summed E-state index contributed by atoms with van der Waals surface area (Å²) < 4.78 is 7.82. The summed E-state index contributed by atoms with van der Waals surface area (Å²) in [5.74, 6) is 2.03. The van der Waals surface area contributed by atoms with Crippen LogP contribution in [0.3, 0.4) is 0 Å². The summed E-state index contributed by atoms with van der Waals surface area (Å²) >= 11 is 0. The lowest BCUT2D eigenvalue weighted by Crippen LogP contribution is -2.34. The second kappa shape index (κ2) is 6.92. The molecule has 7 nitrogen and oxygen atoms in total. The number of nitrogens with one attached hydrogen (secondary N) is 2. The number of para-hydroxylation sites is 1. The van der Waals surface area contributed by atoms with Crippen molar-refractivity contribution < 1.29 is 9.21 Å². The summed E-state index contributed by atoms with van der Waals surface area (Å²) in [4.78, 5) is 12.8. The summed E-state index contributed by atoms with van der Waals surface area (Å²) in [6.07, 6.45) is 0.843. The van der Waals surface area contributed by atoms with Gasteiger partial charge in [0, 0.05) is 31.4 Å². The second-order valence-corrected chi connectivity index (χ2v) is 6.97. The molecule has 1 aromatic carbocycles. The zero-order valence-electron chi connectivity index (χ0n) is 15.0. The number of aromatic nitrogens is 3. The van der Waals surface area contributed by atoms with Gasteiger partial charge in [-0.2, -0.15) is 0 Å².